The zero-order valence-corrected chi connectivity index (χ0v) is 19.3. The fourth-order valence-electron chi connectivity index (χ4n) is 3.80. The summed E-state index contributed by atoms with van der Waals surface area (Å²) in [6.07, 6.45) is 0. The number of nitrogens with zero attached hydrogens (tertiary/aromatic N) is 3. The predicted molar refractivity (Wildman–Crippen MR) is 127 cm³/mol. The second-order valence-corrected chi connectivity index (χ2v) is 9.29. The third-order valence-corrected chi connectivity index (χ3v) is 6.65. The molecule has 0 spiro atoms. The Hall–Kier alpha value is -2.88. The third kappa shape index (κ3) is 5.21. The zero-order valence-electron chi connectivity index (χ0n) is 18.5. The summed E-state index contributed by atoms with van der Waals surface area (Å²) in [5.41, 5.74) is 1.56. The molecule has 172 valence electrons. The first kappa shape index (κ1) is 21.9. The van der Waals surface area contributed by atoms with Crippen LogP contribution >= 0.6 is 11.8 Å². The van der Waals surface area contributed by atoms with Gasteiger partial charge in [0.2, 0.25) is 5.91 Å². The lowest BCUT2D eigenvalue weighted by molar-refractivity contribution is -0.115. The summed E-state index contributed by atoms with van der Waals surface area (Å²) in [5, 5.41) is 4.39. The molecule has 2 aliphatic heterocycles. The molecule has 1 fully saturated rings. The molecule has 2 aliphatic rings. The number of carbonyl (C=O) groups is 1. The Kier molecular flexibility index (Phi) is 6.61. The smallest absolute Gasteiger partial charge is 0.237 e. The van der Waals surface area contributed by atoms with Gasteiger partial charge in [-0.25, -0.2) is 9.97 Å². The number of anilines is 1. The van der Waals surface area contributed by atoms with Crippen LogP contribution in [-0.2, 0) is 16.1 Å². The number of morpholine rings is 1. The lowest BCUT2D eigenvalue weighted by atomic mass is 10.2. The maximum atomic E-state index is 13.0. The van der Waals surface area contributed by atoms with Gasteiger partial charge in [0.25, 0.3) is 0 Å². The van der Waals surface area contributed by atoms with Crippen molar-refractivity contribution < 1.29 is 19.0 Å². The van der Waals surface area contributed by atoms with E-state index in [4.69, 9.17) is 24.2 Å². The lowest BCUT2D eigenvalue weighted by Crippen LogP contribution is -2.36. The van der Waals surface area contributed by atoms with Crippen molar-refractivity contribution in [3.05, 3.63) is 48.3 Å². The van der Waals surface area contributed by atoms with Crippen LogP contribution in [0.5, 0.6) is 11.5 Å². The average Bonchev–Trinajstić information content (AvgIpc) is 2.84. The Bertz CT molecular complexity index is 1150. The van der Waals surface area contributed by atoms with Gasteiger partial charge in [-0.2, -0.15) is 0 Å². The van der Waals surface area contributed by atoms with Crippen molar-refractivity contribution in [3.63, 3.8) is 0 Å². The molecule has 1 amide bonds. The van der Waals surface area contributed by atoms with Crippen molar-refractivity contribution in [3.8, 4) is 11.5 Å². The van der Waals surface area contributed by atoms with Gasteiger partial charge in [0.15, 0.2) is 11.5 Å². The molecule has 33 heavy (non-hydrogen) atoms. The number of para-hydroxylation sites is 1. The minimum absolute atomic E-state index is 0.103. The summed E-state index contributed by atoms with van der Waals surface area (Å²) in [6.45, 7) is 6.78. The average molecular weight is 467 g/mol. The van der Waals surface area contributed by atoms with Gasteiger partial charge < -0.3 is 19.5 Å². The van der Waals surface area contributed by atoms with Crippen molar-refractivity contribution in [2.45, 2.75) is 23.7 Å². The normalized spacial score (nSPS) is 17.0. The standard InChI is InChI=1S/C24H26N4O4S/c1-16(23(29)25-17-6-7-20-21(14-17)32-13-12-31-20)33-24-18-4-2-3-5-19(18)26-22(27-24)15-28-8-10-30-11-9-28/h2-7,14,16H,8-13,15H2,1H3,(H,25,29)/t16-/m1/s1. The number of rotatable bonds is 6. The minimum Gasteiger partial charge on any atom is -0.486 e. The van der Waals surface area contributed by atoms with Crippen LogP contribution in [0.4, 0.5) is 5.69 Å². The molecule has 1 atom stereocenters. The van der Waals surface area contributed by atoms with E-state index in [0.717, 1.165) is 48.1 Å². The molecule has 2 aromatic carbocycles. The van der Waals surface area contributed by atoms with Crippen molar-refractivity contribution in [2.75, 3.05) is 44.8 Å². The Morgan fingerprint density at radius 3 is 2.70 bits per heavy atom. The number of ether oxygens (including phenoxy) is 3. The molecule has 0 unspecified atom stereocenters. The van der Waals surface area contributed by atoms with Gasteiger partial charge in [0, 0.05) is 30.2 Å². The van der Waals surface area contributed by atoms with Crippen LogP contribution < -0.4 is 14.8 Å². The van der Waals surface area contributed by atoms with E-state index < -0.39 is 0 Å². The number of fused-ring (bicyclic) bond motifs is 2. The molecule has 1 aromatic heterocycles. The molecule has 9 heteroatoms. The molecule has 1 N–H and O–H groups in total. The largest absolute Gasteiger partial charge is 0.486 e. The SMILES string of the molecule is C[C@@H](Sc1nc(CN2CCOCC2)nc2ccccc12)C(=O)Nc1ccc2c(c1)OCCO2. The van der Waals surface area contributed by atoms with Crippen LogP contribution in [0.3, 0.4) is 0 Å². The van der Waals surface area contributed by atoms with Gasteiger partial charge in [-0.15, -0.1) is 0 Å². The molecule has 0 saturated carbocycles. The molecular weight excluding hydrogens is 440 g/mol. The number of amides is 1. The van der Waals surface area contributed by atoms with Gasteiger partial charge in [0.05, 0.1) is 30.5 Å². The van der Waals surface area contributed by atoms with E-state index in [0.29, 0.717) is 36.9 Å². The number of thioether (sulfide) groups is 1. The van der Waals surface area contributed by atoms with Crippen molar-refractivity contribution in [2.24, 2.45) is 0 Å². The second-order valence-electron chi connectivity index (χ2n) is 7.96. The highest BCUT2D eigenvalue weighted by Crippen LogP contribution is 2.33. The van der Waals surface area contributed by atoms with Gasteiger partial charge in [0.1, 0.15) is 24.1 Å². The van der Waals surface area contributed by atoms with Crippen molar-refractivity contribution >= 4 is 34.3 Å². The molecule has 3 aromatic rings. The predicted octanol–water partition coefficient (Wildman–Crippen LogP) is 3.35. The molecule has 0 radical (unpaired) electrons. The van der Waals surface area contributed by atoms with Gasteiger partial charge in [-0.3, -0.25) is 9.69 Å². The van der Waals surface area contributed by atoms with E-state index in [1.54, 1.807) is 6.07 Å². The topological polar surface area (TPSA) is 85.8 Å². The van der Waals surface area contributed by atoms with E-state index in [2.05, 4.69) is 10.2 Å². The van der Waals surface area contributed by atoms with Gasteiger partial charge in [-0.05, 0) is 25.1 Å². The summed E-state index contributed by atoms with van der Waals surface area (Å²) in [5.74, 6) is 2.00. The summed E-state index contributed by atoms with van der Waals surface area (Å²) in [7, 11) is 0. The van der Waals surface area contributed by atoms with Crippen LogP contribution in [0.25, 0.3) is 10.9 Å². The minimum atomic E-state index is -0.354. The zero-order chi connectivity index (χ0) is 22.6. The maximum absolute atomic E-state index is 13.0. The Balaban J connectivity index is 1.32. The fraction of sp³-hybridized carbons (Fsp3) is 0.375. The van der Waals surface area contributed by atoms with Gasteiger partial charge in [-0.1, -0.05) is 30.0 Å². The number of hydrogen-bond acceptors (Lipinski definition) is 8. The van der Waals surface area contributed by atoms with Crippen LogP contribution in [0.1, 0.15) is 12.7 Å². The monoisotopic (exact) mass is 466 g/mol. The summed E-state index contributed by atoms with van der Waals surface area (Å²) in [4.78, 5) is 24.8. The summed E-state index contributed by atoms with van der Waals surface area (Å²) < 4.78 is 16.6. The molecular formula is C24H26N4O4S. The highest BCUT2D eigenvalue weighted by molar-refractivity contribution is 8.00. The summed E-state index contributed by atoms with van der Waals surface area (Å²) in [6, 6.07) is 13.4. The Morgan fingerprint density at radius 1 is 1.06 bits per heavy atom. The van der Waals surface area contributed by atoms with Crippen LogP contribution in [0, 0.1) is 0 Å². The van der Waals surface area contributed by atoms with Crippen LogP contribution in [0.15, 0.2) is 47.5 Å². The molecule has 8 nitrogen and oxygen atoms in total. The molecule has 5 rings (SSSR count). The van der Waals surface area contributed by atoms with Crippen LogP contribution in [0.2, 0.25) is 0 Å². The van der Waals surface area contributed by atoms with E-state index in [1.165, 1.54) is 11.8 Å². The van der Waals surface area contributed by atoms with E-state index in [9.17, 15) is 4.79 Å². The molecule has 0 aliphatic carbocycles. The second kappa shape index (κ2) is 9.94. The first-order valence-corrected chi connectivity index (χ1v) is 12.0. The first-order chi connectivity index (χ1) is 16.2. The van der Waals surface area contributed by atoms with Gasteiger partial charge >= 0.3 is 0 Å². The molecule has 3 heterocycles. The number of carbonyl (C=O) groups excluding carboxylic acids is 1. The first-order valence-electron chi connectivity index (χ1n) is 11.1. The molecule has 1 saturated heterocycles. The van der Waals surface area contributed by atoms with E-state index >= 15 is 0 Å². The Labute approximate surface area is 196 Å². The number of benzene rings is 2. The summed E-state index contributed by atoms with van der Waals surface area (Å²) >= 11 is 1.44. The van der Waals surface area contributed by atoms with E-state index in [-0.39, 0.29) is 11.2 Å². The highest BCUT2D eigenvalue weighted by atomic mass is 32.2. The quantitative estimate of drug-likeness (QED) is 0.437. The highest BCUT2D eigenvalue weighted by Gasteiger charge is 2.20. The number of aromatic nitrogens is 2. The van der Waals surface area contributed by atoms with Crippen molar-refractivity contribution in [1.82, 2.24) is 14.9 Å². The number of nitrogens with one attached hydrogen (secondary N) is 1. The van der Waals surface area contributed by atoms with E-state index in [1.807, 2.05) is 43.3 Å². The lowest BCUT2D eigenvalue weighted by Gasteiger charge is -2.26. The third-order valence-electron chi connectivity index (χ3n) is 5.55. The van der Waals surface area contributed by atoms with Crippen LogP contribution in [-0.4, -0.2) is 65.5 Å². The Morgan fingerprint density at radius 2 is 1.85 bits per heavy atom. The molecule has 0 bridgehead atoms. The number of hydrogen-bond donors (Lipinski definition) is 1. The maximum Gasteiger partial charge on any atom is 0.237 e. The fourth-order valence-corrected chi connectivity index (χ4v) is 4.76. The van der Waals surface area contributed by atoms with Crippen molar-refractivity contribution in [1.29, 1.82) is 0 Å².